The topological polar surface area (TPSA) is 187 Å². The van der Waals surface area contributed by atoms with Gasteiger partial charge in [0.05, 0.1) is 6.04 Å². The van der Waals surface area contributed by atoms with E-state index in [1.54, 1.807) is 32.9 Å². The van der Waals surface area contributed by atoms with Crippen LogP contribution in [0, 0.1) is 28.1 Å². The van der Waals surface area contributed by atoms with Gasteiger partial charge in [-0.2, -0.15) is 4.31 Å². The van der Waals surface area contributed by atoms with Crippen LogP contribution in [0.5, 0.6) is 0 Å². The van der Waals surface area contributed by atoms with Crippen LogP contribution in [0.25, 0.3) is 0 Å². The number of urea groups is 1. The summed E-state index contributed by atoms with van der Waals surface area (Å²) in [4.78, 5) is 73.0. The van der Waals surface area contributed by atoms with E-state index in [1.807, 2.05) is 41.5 Å². The van der Waals surface area contributed by atoms with Crippen molar-refractivity contribution in [3.05, 3.63) is 37.1 Å². The molecule has 1 aliphatic heterocycles. The first-order chi connectivity index (χ1) is 23.5. The van der Waals surface area contributed by atoms with Gasteiger partial charge in [0.2, 0.25) is 17.6 Å². The summed E-state index contributed by atoms with van der Waals surface area (Å²) in [5, 5.41) is 10.9. The number of amides is 5. The minimum atomic E-state index is -3.95. The number of rotatable bonds is 15. The number of carbonyl (C=O) groups excluding carboxylic acids is 5. The monoisotopic (exact) mass is 731 g/mol. The van der Waals surface area contributed by atoms with Crippen molar-refractivity contribution in [2.24, 2.45) is 28.1 Å². The first-order valence-corrected chi connectivity index (χ1v) is 18.9. The molecule has 6 atom stereocenters. The van der Waals surface area contributed by atoms with Gasteiger partial charge in [-0.1, -0.05) is 80.9 Å². The van der Waals surface area contributed by atoms with Crippen molar-refractivity contribution in [1.82, 2.24) is 35.5 Å². The highest BCUT2D eigenvalue weighted by atomic mass is 32.2. The maximum atomic E-state index is 14.4. The minimum Gasteiger partial charge on any atom is -0.346 e. The highest BCUT2D eigenvalue weighted by molar-refractivity contribution is 7.89. The number of nitrogens with zero attached hydrogens (tertiary/aromatic N) is 3. The second kappa shape index (κ2) is 15.8. The predicted octanol–water partition coefficient (Wildman–Crippen LogP) is 2.47. The summed E-state index contributed by atoms with van der Waals surface area (Å²) in [7, 11) is -2.53. The third-order valence-electron chi connectivity index (χ3n) is 10.1. The Labute approximate surface area is 303 Å². The Morgan fingerprint density at radius 1 is 1.06 bits per heavy atom. The van der Waals surface area contributed by atoms with Gasteiger partial charge in [0, 0.05) is 38.9 Å². The van der Waals surface area contributed by atoms with Crippen molar-refractivity contribution in [2.45, 2.75) is 104 Å². The van der Waals surface area contributed by atoms with Crippen molar-refractivity contribution in [3.63, 3.8) is 0 Å². The summed E-state index contributed by atoms with van der Waals surface area (Å²) in [5.41, 5.74) is -1.61. The molecule has 14 nitrogen and oxygen atoms in total. The van der Waals surface area contributed by atoms with Crippen LogP contribution in [0.15, 0.2) is 42.1 Å². The van der Waals surface area contributed by atoms with Crippen LogP contribution in [0.2, 0.25) is 0 Å². The number of hydrogen-bond acceptors (Lipinski definition) is 8. The summed E-state index contributed by atoms with van der Waals surface area (Å²) in [6.07, 6.45) is 3.61. The zero-order valence-corrected chi connectivity index (χ0v) is 32.5. The summed E-state index contributed by atoms with van der Waals surface area (Å²) in [6, 6.07) is 0.205. The molecule has 284 valence electrons. The number of carbonyl (C=O) groups is 5. The highest BCUT2D eigenvalue weighted by Crippen LogP contribution is 2.65. The molecule has 0 radical (unpaired) electrons. The number of Topliss-reactive ketones (excluding diaryl/α,β-unsaturated/α-hetero) is 1. The fourth-order valence-corrected chi connectivity index (χ4v) is 7.84. The largest absolute Gasteiger partial charge is 0.346 e. The molecule has 0 spiro atoms. The van der Waals surface area contributed by atoms with Gasteiger partial charge in [-0.25, -0.2) is 18.2 Å². The van der Waals surface area contributed by atoms with Crippen LogP contribution in [0.4, 0.5) is 4.79 Å². The molecule has 4 N–H and O–H groups in total. The van der Waals surface area contributed by atoms with Crippen LogP contribution in [0.3, 0.4) is 0 Å². The summed E-state index contributed by atoms with van der Waals surface area (Å²) in [5.74, 6) is -2.71. The third kappa shape index (κ3) is 9.53. The lowest BCUT2D eigenvalue weighted by atomic mass is 9.85. The Bertz CT molecular complexity index is 1580. The van der Waals surface area contributed by atoms with Crippen molar-refractivity contribution >= 4 is 39.6 Å². The number of fused-ring (bicyclic) bond motifs is 1. The zero-order chi connectivity index (χ0) is 38.7. The second-order valence-electron chi connectivity index (χ2n) is 16.4. The molecule has 1 aromatic rings. The van der Waals surface area contributed by atoms with Crippen molar-refractivity contribution in [1.29, 1.82) is 0 Å². The van der Waals surface area contributed by atoms with E-state index in [9.17, 15) is 32.4 Å². The second-order valence-corrected chi connectivity index (χ2v) is 18.4. The van der Waals surface area contributed by atoms with Crippen LogP contribution in [-0.4, -0.2) is 103 Å². The molecule has 1 saturated carbocycles. The molecule has 5 amide bonds. The van der Waals surface area contributed by atoms with Crippen LogP contribution in [0.1, 0.15) is 75.2 Å². The summed E-state index contributed by atoms with van der Waals surface area (Å²) < 4.78 is 27.6. The molecule has 15 heteroatoms. The number of ketones is 1. The molecule has 0 bridgehead atoms. The van der Waals surface area contributed by atoms with Gasteiger partial charge >= 0.3 is 6.03 Å². The fourth-order valence-electron chi connectivity index (χ4n) is 6.73. The van der Waals surface area contributed by atoms with E-state index in [-0.39, 0.29) is 48.3 Å². The van der Waals surface area contributed by atoms with E-state index in [4.69, 9.17) is 0 Å². The molecular weight excluding hydrogens is 675 g/mol. The maximum Gasteiger partial charge on any atom is 0.315 e. The summed E-state index contributed by atoms with van der Waals surface area (Å²) >= 11 is 0. The lowest BCUT2D eigenvalue weighted by Crippen LogP contribution is -2.62. The molecule has 1 saturated heterocycles. The molecule has 1 aromatic heterocycles. The van der Waals surface area contributed by atoms with Crippen LogP contribution >= 0.6 is 0 Å². The molecule has 0 aromatic carbocycles. The average molecular weight is 732 g/mol. The summed E-state index contributed by atoms with van der Waals surface area (Å²) in [6.45, 7) is 20.8. The molecular formula is C36H57N7O7S. The molecule has 2 fully saturated rings. The third-order valence-corrected chi connectivity index (χ3v) is 11.8. The smallest absolute Gasteiger partial charge is 0.315 e. The highest BCUT2D eigenvalue weighted by Gasteiger charge is 2.70. The van der Waals surface area contributed by atoms with Gasteiger partial charge in [-0.15, -0.1) is 6.58 Å². The maximum absolute atomic E-state index is 14.4. The van der Waals surface area contributed by atoms with Gasteiger partial charge in [0.1, 0.15) is 12.1 Å². The van der Waals surface area contributed by atoms with Gasteiger partial charge in [0.25, 0.3) is 15.9 Å². The molecule has 3 rings (SSSR count). The Balaban J connectivity index is 1.83. The molecule has 2 heterocycles. The normalized spacial score (nSPS) is 21.5. The Morgan fingerprint density at radius 3 is 2.24 bits per heavy atom. The van der Waals surface area contributed by atoms with Crippen molar-refractivity contribution in [3.8, 4) is 0 Å². The van der Waals surface area contributed by atoms with E-state index in [0.29, 0.717) is 6.42 Å². The number of piperidine rings is 1. The SMILES string of the molecule is C=CCNC(=O)C(=O)[C@@H](CCC)NC(=O)[C@@H]1[C@@H]2[C@H](CN1C(=O)[C@@H](NC(=O)N[C@H](CN(C)S(=O)(=O)c1ccccn1)C(C)(C)C)C(C)(C)C)C2(C)C. The number of hydrogen-bond donors (Lipinski definition) is 4. The number of pyridine rings is 1. The number of nitrogens with one attached hydrogen (secondary N) is 4. The quantitative estimate of drug-likeness (QED) is 0.157. The number of aromatic nitrogens is 1. The lowest BCUT2D eigenvalue weighted by molar-refractivity contribution is -0.145. The zero-order valence-electron chi connectivity index (χ0n) is 31.7. The van der Waals surface area contributed by atoms with E-state index in [2.05, 4.69) is 32.8 Å². The Kier molecular flexibility index (Phi) is 12.9. The molecule has 1 aliphatic carbocycles. The van der Waals surface area contributed by atoms with Crippen LogP contribution < -0.4 is 21.3 Å². The fraction of sp³-hybridized carbons (Fsp3) is 0.667. The van der Waals surface area contributed by atoms with E-state index in [1.165, 1.54) is 30.3 Å². The lowest BCUT2D eigenvalue weighted by Gasteiger charge is -2.39. The number of likely N-dealkylation sites (N-methyl/N-ethyl adjacent to an activating group) is 1. The Hall–Kier alpha value is -3.85. The van der Waals surface area contributed by atoms with Crippen LogP contribution in [-0.2, 0) is 29.2 Å². The molecule has 0 unspecified atom stereocenters. The van der Waals surface area contributed by atoms with E-state index in [0.717, 1.165) is 4.31 Å². The van der Waals surface area contributed by atoms with Crippen molar-refractivity contribution < 1.29 is 32.4 Å². The van der Waals surface area contributed by atoms with Gasteiger partial charge < -0.3 is 26.2 Å². The van der Waals surface area contributed by atoms with Gasteiger partial charge in [0.15, 0.2) is 5.03 Å². The average Bonchev–Trinajstić information content (AvgIpc) is 3.34. The number of likely N-dealkylation sites (tertiary alicyclic amines) is 1. The van der Waals surface area contributed by atoms with E-state index >= 15 is 0 Å². The Morgan fingerprint density at radius 2 is 1.71 bits per heavy atom. The van der Waals surface area contributed by atoms with E-state index < -0.39 is 74.6 Å². The van der Waals surface area contributed by atoms with Crippen molar-refractivity contribution in [2.75, 3.05) is 26.7 Å². The first kappa shape index (κ1) is 41.6. The van der Waals surface area contributed by atoms with Gasteiger partial charge in [-0.05, 0) is 46.6 Å². The molecule has 51 heavy (non-hydrogen) atoms. The standard InChI is InChI=1S/C36H57N7O7S/c1-12-16-23(28(44)31(46)38-18-13-2)39-30(45)27-26-22(36(26,9)10)20-43(27)32(47)29(35(6,7)8)41-33(48)40-24(34(3,4)5)21-42(11)51(49,50)25-17-14-15-19-37-25/h13-15,17,19,22-24,26-27,29H,2,12,16,18,20-21H2,1,3-11H3,(H,38,46)(H,39,45)(H2,40,41,48)/t22-,23+,24+,26-,27-,29+/m0/s1. The van der Waals surface area contributed by atoms with Gasteiger partial charge in [-0.3, -0.25) is 19.2 Å². The number of sulfonamides is 1. The first-order valence-electron chi connectivity index (χ1n) is 17.5. The predicted molar refractivity (Wildman–Crippen MR) is 194 cm³/mol. The minimum absolute atomic E-state index is 0.0322. The molecule has 2 aliphatic rings.